The van der Waals surface area contributed by atoms with Gasteiger partial charge >= 0.3 is 6.18 Å². The number of rotatable bonds is 2. The first-order chi connectivity index (χ1) is 12.1. The second kappa shape index (κ2) is 6.24. The van der Waals surface area contributed by atoms with Crippen molar-refractivity contribution in [2.75, 3.05) is 5.32 Å². The first-order valence-electron chi connectivity index (χ1n) is 7.53. The number of benzene rings is 1. The average molecular weight is 381 g/mol. The quantitative estimate of drug-likeness (QED) is 0.733. The zero-order valence-electron chi connectivity index (χ0n) is 14.1. The van der Waals surface area contributed by atoms with Gasteiger partial charge in [0.05, 0.1) is 22.2 Å². The number of carbonyl (C=O) groups is 1. The molecule has 0 aliphatic heterocycles. The number of hydrogen-bond donors (Lipinski definition) is 1. The van der Waals surface area contributed by atoms with Crippen molar-refractivity contribution in [1.82, 2.24) is 9.55 Å². The van der Waals surface area contributed by atoms with Gasteiger partial charge in [-0.2, -0.15) is 13.2 Å². The molecule has 3 aromatic rings. The lowest BCUT2D eigenvalue weighted by molar-refractivity contribution is -0.138. The summed E-state index contributed by atoms with van der Waals surface area (Å²) in [7, 11) is 1.55. The van der Waals surface area contributed by atoms with E-state index in [4.69, 9.17) is 0 Å². The van der Waals surface area contributed by atoms with Crippen molar-refractivity contribution in [3.63, 3.8) is 0 Å². The Labute approximate surface area is 150 Å². The Morgan fingerprint density at radius 1 is 1.27 bits per heavy atom. The largest absolute Gasteiger partial charge is 0.416 e. The third-order valence-corrected chi connectivity index (χ3v) is 5.22. The summed E-state index contributed by atoms with van der Waals surface area (Å²) in [4.78, 5) is 29.5. The number of thiophene rings is 1. The summed E-state index contributed by atoms with van der Waals surface area (Å²) < 4.78 is 40.4. The van der Waals surface area contributed by atoms with Crippen molar-refractivity contribution < 1.29 is 18.0 Å². The van der Waals surface area contributed by atoms with Crippen molar-refractivity contribution in [3.8, 4) is 0 Å². The minimum Gasteiger partial charge on any atom is -0.321 e. The molecule has 1 amide bonds. The molecular formula is C17H14F3N3O2S. The van der Waals surface area contributed by atoms with Crippen molar-refractivity contribution in [1.29, 1.82) is 0 Å². The van der Waals surface area contributed by atoms with E-state index in [1.807, 2.05) is 0 Å². The molecule has 0 aliphatic rings. The van der Waals surface area contributed by atoms with E-state index in [0.717, 1.165) is 17.4 Å². The van der Waals surface area contributed by atoms with E-state index in [1.165, 1.54) is 30.0 Å². The van der Waals surface area contributed by atoms with Gasteiger partial charge in [0, 0.05) is 12.7 Å². The molecule has 0 spiro atoms. The van der Waals surface area contributed by atoms with Crippen LogP contribution in [-0.2, 0) is 13.2 Å². The Morgan fingerprint density at radius 2 is 1.96 bits per heavy atom. The van der Waals surface area contributed by atoms with Crippen LogP contribution in [0, 0.1) is 13.8 Å². The maximum Gasteiger partial charge on any atom is 0.416 e. The number of hydrogen-bond acceptors (Lipinski definition) is 4. The molecule has 0 atom stereocenters. The zero-order chi connectivity index (χ0) is 19.2. The Morgan fingerprint density at radius 3 is 2.62 bits per heavy atom. The molecule has 0 unspecified atom stereocenters. The molecule has 3 rings (SSSR count). The SMILES string of the molecule is Cc1ccc(NC(=O)c2sc3ncn(C)c(=O)c3c2C)cc1C(F)(F)F. The molecule has 5 nitrogen and oxygen atoms in total. The predicted molar refractivity (Wildman–Crippen MR) is 93.7 cm³/mol. The van der Waals surface area contributed by atoms with Gasteiger partial charge in [0.1, 0.15) is 4.83 Å². The van der Waals surface area contributed by atoms with Crippen LogP contribution in [0.1, 0.15) is 26.4 Å². The summed E-state index contributed by atoms with van der Waals surface area (Å²) >= 11 is 1.03. The highest BCUT2D eigenvalue weighted by atomic mass is 32.1. The highest BCUT2D eigenvalue weighted by Crippen LogP contribution is 2.34. The number of halogens is 3. The van der Waals surface area contributed by atoms with Gasteiger partial charge in [0.2, 0.25) is 0 Å². The molecule has 0 aliphatic carbocycles. The van der Waals surface area contributed by atoms with Crippen molar-refractivity contribution in [2.45, 2.75) is 20.0 Å². The van der Waals surface area contributed by atoms with Gasteiger partial charge in [-0.3, -0.25) is 9.59 Å². The van der Waals surface area contributed by atoms with Gasteiger partial charge in [0.15, 0.2) is 0 Å². The Hall–Kier alpha value is -2.68. The van der Waals surface area contributed by atoms with Gasteiger partial charge in [0.25, 0.3) is 11.5 Å². The lowest BCUT2D eigenvalue weighted by atomic mass is 10.1. The van der Waals surface area contributed by atoms with E-state index < -0.39 is 17.6 Å². The molecule has 0 saturated heterocycles. The van der Waals surface area contributed by atoms with Crippen LogP contribution in [0.15, 0.2) is 29.3 Å². The second-order valence-electron chi connectivity index (χ2n) is 5.88. The molecule has 2 heterocycles. The molecule has 9 heteroatoms. The van der Waals surface area contributed by atoms with E-state index in [0.29, 0.717) is 15.8 Å². The number of alkyl halides is 3. The third-order valence-electron chi connectivity index (χ3n) is 4.02. The van der Waals surface area contributed by atoms with Crippen LogP contribution in [0.25, 0.3) is 10.2 Å². The third kappa shape index (κ3) is 3.10. The summed E-state index contributed by atoms with van der Waals surface area (Å²) in [5.41, 5.74) is -0.525. The fourth-order valence-electron chi connectivity index (χ4n) is 2.62. The highest BCUT2D eigenvalue weighted by molar-refractivity contribution is 7.20. The highest BCUT2D eigenvalue weighted by Gasteiger charge is 2.32. The van der Waals surface area contributed by atoms with Gasteiger partial charge in [-0.25, -0.2) is 4.98 Å². The minimum atomic E-state index is -4.51. The predicted octanol–water partition coefficient (Wildman–Crippen LogP) is 3.88. The van der Waals surface area contributed by atoms with Crippen LogP contribution in [0.5, 0.6) is 0 Å². The molecule has 0 fully saturated rings. The van der Waals surface area contributed by atoms with Crippen LogP contribution >= 0.6 is 11.3 Å². The van der Waals surface area contributed by atoms with Gasteiger partial charge in [-0.1, -0.05) is 6.07 Å². The van der Waals surface area contributed by atoms with Crippen LogP contribution < -0.4 is 10.9 Å². The van der Waals surface area contributed by atoms with Crippen LogP contribution in [0.4, 0.5) is 18.9 Å². The van der Waals surface area contributed by atoms with Crippen LogP contribution in [0.2, 0.25) is 0 Å². The number of nitrogens with zero attached hydrogens (tertiary/aromatic N) is 2. The molecule has 136 valence electrons. The van der Waals surface area contributed by atoms with E-state index in [2.05, 4.69) is 10.3 Å². The number of carbonyl (C=O) groups excluding carboxylic acids is 1. The Balaban J connectivity index is 1.99. The number of anilines is 1. The lowest BCUT2D eigenvalue weighted by Crippen LogP contribution is -2.17. The van der Waals surface area contributed by atoms with E-state index in [-0.39, 0.29) is 21.7 Å². The standard InChI is InChI=1S/C17H14F3N3O2S/c1-8-4-5-10(6-11(8)17(18,19)20)22-14(24)13-9(2)12-15(26-13)21-7-23(3)16(12)25/h4-7H,1-3H3,(H,22,24). The molecule has 1 aromatic carbocycles. The fraction of sp³-hybridized carbons (Fsp3) is 0.235. The summed E-state index contributed by atoms with van der Waals surface area (Å²) in [5, 5.41) is 2.81. The molecular weight excluding hydrogens is 367 g/mol. The van der Waals surface area contributed by atoms with Crippen molar-refractivity contribution in [2.24, 2.45) is 7.05 Å². The number of aryl methyl sites for hydroxylation is 3. The number of nitrogens with one attached hydrogen (secondary N) is 1. The zero-order valence-corrected chi connectivity index (χ0v) is 14.9. The average Bonchev–Trinajstić information content (AvgIpc) is 2.89. The van der Waals surface area contributed by atoms with Crippen LogP contribution in [0.3, 0.4) is 0 Å². The molecule has 0 bridgehead atoms. The van der Waals surface area contributed by atoms with E-state index in [9.17, 15) is 22.8 Å². The van der Waals surface area contributed by atoms with E-state index >= 15 is 0 Å². The minimum absolute atomic E-state index is 0.0330. The summed E-state index contributed by atoms with van der Waals surface area (Å²) in [6.45, 7) is 2.97. The summed E-state index contributed by atoms with van der Waals surface area (Å²) in [5.74, 6) is -0.579. The van der Waals surface area contributed by atoms with Gasteiger partial charge in [-0.05, 0) is 37.1 Å². The first-order valence-corrected chi connectivity index (χ1v) is 8.35. The number of fused-ring (bicyclic) bond motifs is 1. The molecule has 0 saturated carbocycles. The number of amides is 1. The maximum absolute atomic E-state index is 13.0. The Bertz CT molecular complexity index is 1080. The van der Waals surface area contributed by atoms with Gasteiger partial charge < -0.3 is 9.88 Å². The first kappa shape index (κ1) is 18.1. The lowest BCUT2D eigenvalue weighted by Gasteiger charge is -2.12. The normalized spacial score (nSPS) is 11.8. The summed E-state index contributed by atoms with van der Waals surface area (Å²) in [6, 6.07) is 3.60. The van der Waals surface area contributed by atoms with Crippen molar-refractivity contribution >= 4 is 33.1 Å². The fourth-order valence-corrected chi connectivity index (χ4v) is 3.65. The molecule has 26 heavy (non-hydrogen) atoms. The topological polar surface area (TPSA) is 64.0 Å². The monoisotopic (exact) mass is 381 g/mol. The Kier molecular flexibility index (Phi) is 4.35. The molecule has 1 N–H and O–H groups in total. The molecule has 2 aromatic heterocycles. The summed E-state index contributed by atoms with van der Waals surface area (Å²) in [6.07, 6.45) is -3.15. The molecule has 0 radical (unpaired) electrons. The second-order valence-corrected chi connectivity index (χ2v) is 6.88. The smallest absolute Gasteiger partial charge is 0.321 e. The van der Waals surface area contributed by atoms with E-state index in [1.54, 1.807) is 14.0 Å². The maximum atomic E-state index is 13.0. The van der Waals surface area contributed by atoms with Crippen molar-refractivity contribution in [3.05, 3.63) is 56.4 Å². The van der Waals surface area contributed by atoms with Crippen LogP contribution in [-0.4, -0.2) is 15.5 Å². The van der Waals surface area contributed by atoms with Gasteiger partial charge in [-0.15, -0.1) is 11.3 Å². The number of aromatic nitrogens is 2.